The first-order valence-electron chi connectivity index (χ1n) is 7.21. The molecule has 1 fully saturated rings. The third-order valence-corrected chi connectivity index (χ3v) is 3.68. The minimum absolute atomic E-state index is 0.0448. The predicted octanol–water partition coefficient (Wildman–Crippen LogP) is 1.72. The summed E-state index contributed by atoms with van der Waals surface area (Å²) in [4.78, 5) is 16.5. The summed E-state index contributed by atoms with van der Waals surface area (Å²) in [6.45, 7) is 3.78. The summed E-state index contributed by atoms with van der Waals surface area (Å²) in [5.41, 5.74) is 1.59. The third-order valence-electron chi connectivity index (χ3n) is 3.68. The zero-order chi connectivity index (χ0) is 14.7. The summed E-state index contributed by atoms with van der Waals surface area (Å²) in [5.74, 6) is 1.83. The van der Waals surface area contributed by atoms with Crippen molar-refractivity contribution < 1.29 is 4.79 Å². The van der Waals surface area contributed by atoms with Crippen LogP contribution < -0.4 is 10.6 Å². The molecule has 1 atom stereocenters. The number of amides is 1. The van der Waals surface area contributed by atoms with Gasteiger partial charge >= 0.3 is 0 Å². The lowest BCUT2D eigenvalue weighted by Gasteiger charge is -2.11. The van der Waals surface area contributed by atoms with Crippen LogP contribution in [-0.4, -0.2) is 34.2 Å². The highest BCUT2D eigenvalue weighted by Gasteiger charge is 2.19. The van der Waals surface area contributed by atoms with E-state index in [2.05, 4.69) is 25.8 Å². The van der Waals surface area contributed by atoms with Crippen LogP contribution in [0.3, 0.4) is 0 Å². The van der Waals surface area contributed by atoms with Crippen LogP contribution in [0.4, 0.5) is 5.69 Å². The van der Waals surface area contributed by atoms with E-state index in [1.54, 1.807) is 0 Å². The quantitative estimate of drug-likeness (QED) is 0.798. The number of para-hydroxylation sites is 1. The van der Waals surface area contributed by atoms with Crippen molar-refractivity contribution in [3.05, 3.63) is 30.1 Å². The fourth-order valence-electron chi connectivity index (χ4n) is 2.60. The molecule has 3 N–H and O–H groups in total. The monoisotopic (exact) mass is 285 g/mol. The van der Waals surface area contributed by atoms with Gasteiger partial charge in [-0.3, -0.25) is 9.89 Å². The highest BCUT2D eigenvalue weighted by Crippen LogP contribution is 2.25. The molecule has 0 spiro atoms. The second-order valence-electron chi connectivity index (χ2n) is 5.40. The number of hydrogen-bond donors (Lipinski definition) is 3. The normalized spacial score (nSPS) is 17.9. The maximum atomic E-state index is 12.2. The average molecular weight is 285 g/mol. The number of benzene rings is 1. The van der Waals surface area contributed by atoms with Crippen molar-refractivity contribution in [1.29, 1.82) is 0 Å². The Balaban J connectivity index is 1.74. The second-order valence-corrected chi connectivity index (χ2v) is 5.40. The van der Waals surface area contributed by atoms with Gasteiger partial charge in [0, 0.05) is 12.0 Å². The fraction of sp³-hybridized carbons (Fsp3) is 0.400. The molecule has 1 aromatic carbocycles. The van der Waals surface area contributed by atoms with E-state index in [0.717, 1.165) is 36.6 Å². The number of aromatic amines is 1. The number of carbonyl (C=O) groups is 1. The number of anilines is 1. The largest absolute Gasteiger partial charge is 0.325 e. The van der Waals surface area contributed by atoms with Crippen molar-refractivity contribution in [1.82, 2.24) is 20.5 Å². The minimum atomic E-state index is 0.0448. The van der Waals surface area contributed by atoms with E-state index in [0.29, 0.717) is 18.2 Å². The smallest absolute Gasteiger partial charge is 0.224 e. The number of carbonyl (C=O) groups excluding carboxylic acids is 1. The maximum absolute atomic E-state index is 12.2. The average Bonchev–Trinajstić information content (AvgIpc) is 3.11. The Morgan fingerprint density at radius 3 is 3.00 bits per heavy atom. The van der Waals surface area contributed by atoms with Gasteiger partial charge in [-0.05, 0) is 44.5 Å². The lowest BCUT2D eigenvalue weighted by molar-refractivity contribution is -0.116. The zero-order valence-electron chi connectivity index (χ0n) is 12.0. The van der Waals surface area contributed by atoms with Crippen LogP contribution in [0.15, 0.2) is 24.3 Å². The van der Waals surface area contributed by atoms with Crippen LogP contribution in [0.25, 0.3) is 11.4 Å². The molecule has 1 aliphatic rings. The lowest BCUT2D eigenvalue weighted by Crippen LogP contribution is -2.18. The molecule has 1 aromatic heterocycles. The molecule has 2 aromatic rings. The number of nitrogens with one attached hydrogen (secondary N) is 3. The lowest BCUT2D eigenvalue weighted by atomic mass is 10.0. The molecule has 1 unspecified atom stereocenters. The van der Waals surface area contributed by atoms with E-state index >= 15 is 0 Å². The zero-order valence-corrected chi connectivity index (χ0v) is 12.0. The van der Waals surface area contributed by atoms with Gasteiger partial charge in [0.25, 0.3) is 0 Å². The molecule has 110 valence electrons. The topological polar surface area (TPSA) is 82.7 Å². The molecule has 0 aliphatic carbocycles. The van der Waals surface area contributed by atoms with E-state index in [4.69, 9.17) is 0 Å². The summed E-state index contributed by atoms with van der Waals surface area (Å²) in [5, 5.41) is 13.2. The van der Waals surface area contributed by atoms with Gasteiger partial charge in [0.1, 0.15) is 5.82 Å². The Hall–Kier alpha value is -2.21. The summed E-state index contributed by atoms with van der Waals surface area (Å²) in [6.07, 6.45) is 1.61. The Kier molecular flexibility index (Phi) is 3.96. The van der Waals surface area contributed by atoms with Gasteiger partial charge < -0.3 is 10.6 Å². The Labute approximate surface area is 123 Å². The first kappa shape index (κ1) is 13.8. The van der Waals surface area contributed by atoms with Crippen LogP contribution >= 0.6 is 0 Å². The Morgan fingerprint density at radius 1 is 1.43 bits per heavy atom. The van der Waals surface area contributed by atoms with Gasteiger partial charge in [0.15, 0.2) is 5.82 Å². The Bertz CT molecular complexity index is 630. The molecule has 1 aliphatic heterocycles. The van der Waals surface area contributed by atoms with Crippen molar-refractivity contribution in [2.75, 3.05) is 18.4 Å². The van der Waals surface area contributed by atoms with Gasteiger partial charge in [-0.25, -0.2) is 4.98 Å². The van der Waals surface area contributed by atoms with Crippen LogP contribution in [0, 0.1) is 12.8 Å². The molecular weight excluding hydrogens is 266 g/mol. The van der Waals surface area contributed by atoms with Crippen molar-refractivity contribution >= 4 is 11.6 Å². The van der Waals surface area contributed by atoms with E-state index in [1.165, 1.54) is 0 Å². The molecule has 0 bridgehead atoms. The number of hydrogen-bond acceptors (Lipinski definition) is 4. The van der Waals surface area contributed by atoms with Crippen molar-refractivity contribution in [2.45, 2.75) is 19.8 Å². The van der Waals surface area contributed by atoms with Crippen LogP contribution in [0.1, 0.15) is 18.7 Å². The summed E-state index contributed by atoms with van der Waals surface area (Å²) in [7, 11) is 0. The number of rotatable bonds is 4. The highest BCUT2D eigenvalue weighted by molar-refractivity contribution is 5.94. The summed E-state index contributed by atoms with van der Waals surface area (Å²) < 4.78 is 0. The van der Waals surface area contributed by atoms with E-state index in [1.807, 2.05) is 31.2 Å². The van der Waals surface area contributed by atoms with Crippen LogP contribution in [-0.2, 0) is 4.79 Å². The van der Waals surface area contributed by atoms with E-state index in [-0.39, 0.29) is 5.91 Å². The number of H-pyrrole nitrogens is 1. The maximum Gasteiger partial charge on any atom is 0.224 e. The summed E-state index contributed by atoms with van der Waals surface area (Å²) in [6, 6.07) is 7.61. The fourth-order valence-corrected chi connectivity index (χ4v) is 2.60. The number of nitrogens with zero attached hydrogens (tertiary/aromatic N) is 2. The van der Waals surface area contributed by atoms with Gasteiger partial charge in [-0.1, -0.05) is 12.1 Å². The Morgan fingerprint density at radius 2 is 2.29 bits per heavy atom. The summed E-state index contributed by atoms with van der Waals surface area (Å²) >= 11 is 0. The number of aryl methyl sites for hydroxylation is 1. The minimum Gasteiger partial charge on any atom is -0.325 e. The predicted molar refractivity (Wildman–Crippen MR) is 80.8 cm³/mol. The van der Waals surface area contributed by atoms with Gasteiger partial charge in [-0.15, -0.1) is 0 Å². The van der Waals surface area contributed by atoms with Crippen molar-refractivity contribution in [3.63, 3.8) is 0 Å². The molecule has 6 heteroatoms. The van der Waals surface area contributed by atoms with Gasteiger partial charge in [-0.2, -0.15) is 5.10 Å². The van der Waals surface area contributed by atoms with Crippen molar-refractivity contribution in [2.24, 2.45) is 5.92 Å². The second kappa shape index (κ2) is 6.05. The highest BCUT2D eigenvalue weighted by atomic mass is 16.1. The van der Waals surface area contributed by atoms with Crippen molar-refractivity contribution in [3.8, 4) is 11.4 Å². The van der Waals surface area contributed by atoms with Crippen LogP contribution in [0.2, 0.25) is 0 Å². The molecule has 6 nitrogen and oxygen atoms in total. The van der Waals surface area contributed by atoms with Gasteiger partial charge in [0.05, 0.1) is 5.69 Å². The van der Waals surface area contributed by atoms with E-state index in [9.17, 15) is 4.79 Å². The number of aromatic nitrogens is 3. The van der Waals surface area contributed by atoms with Crippen LogP contribution in [0.5, 0.6) is 0 Å². The SMILES string of the molecule is Cc1nc(-c2ccccc2NC(=O)CC2CCNC2)n[nH]1. The molecule has 21 heavy (non-hydrogen) atoms. The molecule has 2 heterocycles. The first-order valence-corrected chi connectivity index (χ1v) is 7.21. The molecule has 0 radical (unpaired) electrons. The molecular formula is C15H19N5O. The van der Waals surface area contributed by atoms with E-state index < -0.39 is 0 Å². The molecule has 3 rings (SSSR count). The molecule has 0 saturated carbocycles. The first-order chi connectivity index (χ1) is 10.2. The molecule has 1 amide bonds. The molecule has 1 saturated heterocycles. The standard InChI is InChI=1S/C15H19N5O/c1-10-17-15(20-19-10)12-4-2-3-5-13(12)18-14(21)8-11-6-7-16-9-11/h2-5,11,16H,6-9H2,1H3,(H,18,21)(H,17,19,20). The van der Waals surface area contributed by atoms with Gasteiger partial charge in [0.2, 0.25) is 5.91 Å². The third kappa shape index (κ3) is 3.28.